The third-order valence-corrected chi connectivity index (χ3v) is 5.57. The van der Waals surface area contributed by atoms with E-state index in [0.717, 1.165) is 32.8 Å². The van der Waals surface area contributed by atoms with Gasteiger partial charge in [-0.1, -0.05) is 24.6 Å². The van der Waals surface area contributed by atoms with Gasteiger partial charge in [0.15, 0.2) is 0 Å². The first kappa shape index (κ1) is 20.6. The van der Waals surface area contributed by atoms with Crippen LogP contribution in [0.3, 0.4) is 0 Å². The number of halogens is 1. The van der Waals surface area contributed by atoms with E-state index >= 15 is 0 Å². The van der Waals surface area contributed by atoms with E-state index in [1.807, 2.05) is 52.1 Å². The number of ether oxygens (including phenoxy) is 1. The Labute approximate surface area is 174 Å². The summed E-state index contributed by atoms with van der Waals surface area (Å²) in [6.07, 6.45) is 4.07. The fraction of sp³-hybridized carbons (Fsp3) is 0.381. The Balaban J connectivity index is 1.76. The summed E-state index contributed by atoms with van der Waals surface area (Å²) in [7, 11) is 0. The summed E-state index contributed by atoms with van der Waals surface area (Å²) in [5.74, 6) is 0. The number of rotatable bonds is 5. The molecule has 0 aliphatic carbocycles. The predicted molar refractivity (Wildman–Crippen MR) is 115 cm³/mol. The monoisotopic (exact) mass is 417 g/mol. The highest BCUT2D eigenvalue weighted by Crippen LogP contribution is 2.35. The third kappa shape index (κ3) is 5.00. The van der Waals surface area contributed by atoms with Gasteiger partial charge in [-0.2, -0.15) is 0 Å². The summed E-state index contributed by atoms with van der Waals surface area (Å²) in [4.78, 5) is 24.1. The molecule has 3 heterocycles. The second-order valence-corrected chi connectivity index (χ2v) is 9.03. The molecule has 7 heteroatoms. The lowest BCUT2D eigenvalue weighted by molar-refractivity contribution is 0.0233. The van der Waals surface area contributed by atoms with E-state index in [1.54, 1.807) is 28.5 Å². The number of fused-ring (bicyclic) bond motifs is 1. The molecule has 0 spiro atoms. The van der Waals surface area contributed by atoms with Crippen molar-refractivity contribution in [3.8, 4) is 10.6 Å². The van der Waals surface area contributed by atoms with Gasteiger partial charge in [-0.15, -0.1) is 11.3 Å². The molecule has 0 aliphatic rings. The Morgan fingerprint density at radius 2 is 2.04 bits per heavy atom. The van der Waals surface area contributed by atoms with Crippen LogP contribution in [0.2, 0.25) is 5.02 Å². The van der Waals surface area contributed by atoms with Gasteiger partial charge < -0.3 is 9.64 Å². The fourth-order valence-corrected chi connectivity index (χ4v) is 4.02. The van der Waals surface area contributed by atoms with Crippen molar-refractivity contribution < 1.29 is 9.53 Å². The van der Waals surface area contributed by atoms with Crippen LogP contribution in [0.5, 0.6) is 0 Å². The summed E-state index contributed by atoms with van der Waals surface area (Å²) in [5.41, 5.74) is 2.18. The zero-order valence-corrected chi connectivity index (χ0v) is 18.1. The number of hydrogen-bond acceptors (Lipinski definition) is 5. The van der Waals surface area contributed by atoms with Gasteiger partial charge in [0, 0.05) is 18.9 Å². The van der Waals surface area contributed by atoms with Crippen LogP contribution in [-0.2, 0) is 11.3 Å². The minimum atomic E-state index is -0.512. The molecule has 3 rings (SSSR count). The van der Waals surface area contributed by atoms with Gasteiger partial charge in [-0.25, -0.2) is 4.79 Å². The van der Waals surface area contributed by atoms with Gasteiger partial charge in [0.05, 0.1) is 32.4 Å². The zero-order valence-electron chi connectivity index (χ0n) is 16.5. The summed E-state index contributed by atoms with van der Waals surface area (Å²) in [5, 5.41) is 0.699. The van der Waals surface area contributed by atoms with Crippen LogP contribution in [0, 0.1) is 0 Å². The van der Waals surface area contributed by atoms with Crippen LogP contribution in [0.4, 0.5) is 4.79 Å². The second-order valence-electron chi connectivity index (χ2n) is 7.57. The number of carbonyl (C=O) groups excluding carboxylic acids is 1. The third-order valence-electron chi connectivity index (χ3n) is 3.96. The Bertz CT molecular complexity index is 964. The summed E-state index contributed by atoms with van der Waals surface area (Å²) in [6.45, 7) is 8.76. The summed E-state index contributed by atoms with van der Waals surface area (Å²) in [6, 6.07) is 7.75. The maximum Gasteiger partial charge on any atom is 0.410 e. The highest BCUT2D eigenvalue weighted by molar-refractivity contribution is 7.22. The molecule has 1 amide bonds. The summed E-state index contributed by atoms with van der Waals surface area (Å²) >= 11 is 7.82. The van der Waals surface area contributed by atoms with Crippen molar-refractivity contribution in [2.45, 2.75) is 46.3 Å². The van der Waals surface area contributed by atoms with Crippen molar-refractivity contribution in [1.82, 2.24) is 14.9 Å². The molecular weight excluding hydrogens is 394 g/mol. The summed E-state index contributed by atoms with van der Waals surface area (Å²) < 4.78 is 6.47. The first-order valence-electron chi connectivity index (χ1n) is 9.24. The first-order chi connectivity index (χ1) is 13.3. The highest BCUT2D eigenvalue weighted by Gasteiger charge is 2.22. The maximum absolute atomic E-state index is 12.4. The van der Waals surface area contributed by atoms with Crippen molar-refractivity contribution in [2.75, 3.05) is 6.54 Å². The Kier molecular flexibility index (Phi) is 6.20. The number of aromatic nitrogens is 2. The number of amides is 1. The maximum atomic E-state index is 12.4. The van der Waals surface area contributed by atoms with E-state index in [1.165, 1.54) is 0 Å². The minimum Gasteiger partial charge on any atom is -0.444 e. The lowest BCUT2D eigenvalue weighted by Gasteiger charge is -2.27. The predicted octanol–water partition coefficient (Wildman–Crippen LogP) is 6.16. The highest BCUT2D eigenvalue weighted by atomic mass is 35.5. The second kappa shape index (κ2) is 8.45. The molecule has 5 nitrogen and oxygen atoms in total. The molecule has 0 saturated carbocycles. The molecule has 0 aliphatic heterocycles. The molecule has 28 heavy (non-hydrogen) atoms. The number of pyridine rings is 2. The topological polar surface area (TPSA) is 55.3 Å². The van der Waals surface area contributed by atoms with Gasteiger partial charge in [0.1, 0.15) is 5.60 Å². The quantitative estimate of drug-likeness (QED) is 0.498. The average Bonchev–Trinajstić information content (AvgIpc) is 3.06. The molecule has 0 unspecified atom stereocenters. The van der Waals surface area contributed by atoms with Gasteiger partial charge >= 0.3 is 6.09 Å². The smallest absolute Gasteiger partial charge is 0.410 e. The van der Waals surface area contributed by atoms with E-state index < -0.39 is 5.60 Å². The van der Waals surface area contributed by atoms with Crippen LogP contribution in [0.1, 0.15) is 39.7 Å². The molecule has 0 radical (unpaired) electrons. The SMILES string of the molecule is CCCN(Cc1ccc(-c2cc3nccc(Cl)c3s2)nc1)C(=O)OC(C)(C)C. The molecule has 0 fully saturated rings. The standard InChI is InChI=1S/C21H24ClN3O2S/c1-5-10-25(20(26)27-21(2,3)4)13-14-6-7-16(24-12-14)18-11-17-19(28-18)15(22)8-9-23-17/h6-9,11-12H,5,10,13H2,1-4H3. The van der Waals surface area contributed by atoms with Gasteiger partial charge in [-0.05, 0) is 51.0 Å². The lowest BCUT2D eigenvalue weighted by Crippen LogP contribution is -2.36. The molecular formula is C21H24ClN3O2S. The van der Waals surface area contributed by atoms with Gasteiger partial charge in [0.2, 0.25) is 0 Å². The van der Waals surface area contributed by atoms with Crippen molar-refractivity contribution in [3.63, 3.8) is 0 Å². The van der Waals surface area contributed by atoms with E-state index in [0.29, 0.717) is 18.1 Å². The number of hydrogen-bond donors (Lipinski definition) is 0. The van der Waals surface area contributed by atoms with Crippen LogP contribution >= 0.6 is 22.9 Å². The van der Waals surface area contributed by atoms with E-state index in [9.17, 15) is 4.79 Å². The van der Waals surface area contributed by atoms with Crippen molar-refractivity contribution >= 4 is 39.2 Å². The molecule has 0 saturated heterocycles. The Hall–Kier alpha value is -2.18. The van der Waals surface area contributed by atoms with Crippen molar-refractivity contribution in [3.05, 3.63) is 47.2 Å². The van der Waals surface area contributed by atoms with E-state index in [4.69, 9.17) is 16.3 Å². The van der Waals surface area contributed by atoms with Crippen molar-refractivity contribution in [2.24, 2.45) is 0 Å². The molecule has 3 aromatic heterocycles. The zero-order chi connectivity index (χ0) is 20.3. The largest absolute Gasteiger partial charge is 0.444 e. The van der Waals surface area contributed by atoms with E-state index in [-0.39, 0.29) is 6.09 Å². The minimum absolute atomic E-state index is 0.302. The molecule has 0 N–H and O–H groups in total. The van der Waals surface area contributed by atoms with Gasteiger partial charge in [0.25, 0.3) is 0 Å². The Morgan fingerprint density at radius 1 is 1.25 bits per heavy atom. The Morgan fingerprint density at radius 3 is 2.64 bits per heavy atom. The first-order valence-corrected chi connectivity index (χ1v) is 10.4. The molecule has 0 atom stereocenters. The average molecular weight is 418 g/mol. The normalized spacial score (nSPS) is 11.6. The fourth-order valence-electron chi connectivity index (χ4n) is 2.75. The molecule has 0 aromatic carbocycles. The lowest BCUT2D eigenvalue weighted by atomic mass is 10.2. The molecule has 148 valence electrons. The van der Waals surface area contributed by atoms with Crippen LogP contribution in [0.25, 0.3) is 20.8 Å². The number of carbonyl (C=O) groups is 1. The van der Waals surface area contributed by atoms with Crippen LogP contribution < -0.4 is 0 Å². The van der Waals surface area contributed by atoms with Crippen LogP contribution in [0.15, 0.2) is 36.7 Å². The van der Waals surface area contributed by atoms with Crippen LogP contribution in [-0.4, -0.2) is 33.1 Å². The number of nitrogens with zero attached hydrogens (tertiary/aromatic N) is 3. The number of thiophene rings is 1. The van der Waals surface area contributed by atoms with Crippen molar-refractivity contribution in [1.29, 1.82) is 0 Å². The van der Waals surface area contributed by atoms with E-state index in [2.05, 4.69) is 9.97 Å². The molecule has 0 bridgehead atoms. The molecule has 3 aromatic rings. The van der Waals surface area contributed by atoms with Gasteiger partial charge in [-0.3, -0.25) is 9.97 Å².